The summed E-state index contributed by atoms with van der Waals surface area (Å²) in [6.07, 6.45) is 1.12. The zero-order valence-electron chi connectivity index (χ0n) is 9.04. The average molecular weight is 341 g/mol. The minimum Gasteiger partial charge on any atom is -0.351 e. The van der Waals surface area contributed by atoms with Gasteiger partial charge < -0.3 is 5.32 Å². The Hall–Kier alpha value is -0.590. The predicted octanol–water partition coefficient (Wildman–Crippen LogP) is 1.88. The first-order valence-corrected chi connectivity index (χ1v) is 7.94. The number of nitrogens with one attached hydrogen (secondary N) is 1. The van der Waals surface area contributed by atoms with Crippen molar-refractivity contribution in [2.75, 3.05) is 18.6 Å². The molecule has 0 spiro atoms. The van der Waals surface area contributed by atoms with Crippen molar-refractivity contribution in [1.29, 1.82) is 0 Å². The Morgan fingerprint density at radius 1 is 1.47 bits per heavy atom. The van der Waals surface area contributed by atoms with Crippen LogP contribution in [-0.2, 0) is 9.84 Å². The van der Waals surface area contributed by atoms with Gasteiger partial charge in [0.1, 0.15) is 9.84 Å². The molecule has 0 atom stereocenters. The molecule has 4 nitrogen and oxygen atoms in total. The van der Waals surface area contributed by atoms with E-state index in [9.17, 15) is 13.2 Å². The molecule has 1 rings (SSSR count). The number of benzene rings is 1. The van der Waals surface area contributed by atoms with Crippen LogP contribution in [0.2, 0.25) is 5.02 Å². The number of halogens is 2. The van der Waals surface area contributed by atoms with Crippen molar-refractivity contribution < 1.29 is 13.2 Å². The molecule has 0 radical (unpaired) electrons. The minimum atomic E-state index is -3.06. The molecule has 0 bridgehead atoms. The van der Waals surface area contributed by atoms with Crippen LogP contribution in [-0.4, -0.2) is 32.9 Å². The topological polar surface area (TPSA) is 63.2 Å². The first-order valence-electron chi connectivity index (χ1n) is 4.70. The summed E-state index contributed by atoms with van der Waals surface area (Å²) in [5.41, 5.74) is 0.426. The van der Waals surface area contributed by atoms with Gasteiger partial charge >= 0.3 is 0 Å². The molecule has 7 heteroatoms. The smallest absolute Gasteiger partial charge is 0.251 e. The maximum Gasteiger partial charge on any atom is 0.251 e. The Morgan fingerprint density at radius 3 is 2.65 bits per heavy atom. The molecule has 0 aliphatic carbocycles. The van der Waals surface area contributed by atoms with Gasteiger partial charge in [-0.15, -0.1) is 0 Å². The van der Waals surface area contributed by atoms with E-state index in [1.807, 2.05) is 0 Å². The molecule has 94 valence electrons. The second-order valence-corrected chi connectivity index (χ2v) is 7.04. The molecule has 1 amide bonds. The van der Waals surface area contributed by atoms with E-state index in [1.54, 1.807) is 18.2 Å². The Labute approximate surface area is 113 Å². The molecule has 0 aromatic heterocycles. The number of carbonyl (C=O) groups is 1. The van der Waals surface area contributed by atoms with Gasteiger partial charge in [0.2, 0.25) is 0 Å². The number of sulfone groups is 1. The molecular formula is C10H11BrClNO3S. The molecule has 0 aliphatic heterocycles. The van der Waals surface area contributed by atoms with Gasteiger partial charge in [-0.1, -0.05) is 11.6 Å². The lowest BCUT2D eigenvalue weighted by Gasteiger charge is -2.05. The van der Waals surface area contributed by atoms with Crippen molar-refractivity contribution >= 4 is 43.3 Å². The number of hydrogen-bond acceptors (Lipinski definition) is 3. The highest BCUT2D eigenvalue weighted by molar-refractivity contribution is 9.10. The second kappa shape index (κ2) is 5.84. The summed E-state index contributed by atoms with van der Waals surface area (Å²) in [6.45, 7) is 0.0952. The van der Waals surface area contributed by atoms with Crippen molar-refractivity contribution in [1.82, 2.24) is 5.32 Å². The third-order valence-electron chi connectivity index (χ3n) is 1.94. The third-order valence-corrected chi connectivity index (χ3v) is 4.10. The standard InChI is InChI=1S/C10H11BrClNO3S/c1-17(15,16)5-4-13-10(14)7-2-3-9(12)8(11)6-7/h2-3,6H,4-5H2,1H3,(H,13,14). The molecule has 0 saturated heterocycles. The second-order valence-electron chi connectivity index (χ2n) is 3.51. The number of carbonyl (C=O) groups excluding carboxylic acids is 1. The van der Waals surface area contributed by atoms with Crippen molar-refractivity contribution in [2.24, 2.45) is 0 Å². The summed E-state index contributed by atoms with van der Waals surface area (Å²) in [5, 5.41) is 3.03. The Balaban J connectivity index is 2.61. The van der Waals surface area contributed by atoms with Crippen LogP contribution in [0.25, 0.3) is 0 Å². The highest BCUT2D eigenvalue weighted by Gasteiger charge is 2.08. The number of amides is 1. The Bertz CT molecular complexity index is 530. The first kappa shape index (κ1) is 14.5. The van der Waals surface area contributed by atoms with E-state index in [1.165, 1.54) is 0 Å². The first-order chi connectivity index (χ1) is 7.79. The number of rotatable bonds is 4. The highest BCUT2D eigenvalue weighted by atomic mass is 79.9. The summed E-state index contributed by atoms with van der Waals surface area (Å²) in [5.74, 6) is -0.404. The van der Waals surface area contributed by atoms with Crippen molar-refractivity contribution in [3.63, 3.8) is 0 Å². The van der Waals surface area contributed by atoms with Crippen LogP contribution in [0, 0.1) is 0 Å². The van der Waals surface area contributed by atoms with Crippen LogP contribution in [0.3, 0.4) is 0 Å². The maximum absolute atomic E-state index is 11.6. The normalized spacial score (nSPS) is 11.2. The van der Waals surface area contributed by atoms with Crippen LogP contribution >= 0.6 is 27.5 Å². The summed E-state index contributed by atoms with van der Waals surface area (Å²) in [4.78, 5) is 11.6. The lowest BCUT2D eigenvalue weighted by atomic mass is 10.2. The molecule has 1 N–H and O–H groups in total. The fourth-order valence-corrected chi connectivity index (χ4v) is 2.06. The van der Waals surface area contributed by atoms with Crippen molar-refractivity contribution in [2.45, 2.75) is 0 Å². The van der Waals surface area contributed by atoms with Crippen molar-refractivity contribution in [3.8, 4) is 0 Å². The largest absolute Gasteiger partial charge is 0.351 e. The van der Waals surface area contributed by atoms with E-state index >= 15 is 0 Å². The van der Waals surface area contributed by atoms with E-state index < -0.39 is 9.84 Å². The zero-order valence-corrected chi connectivity index (χ0v) is 12.2. The molecule has 1 aromatic rings. The average Bonchev–Trinajstić information content (AvgIpc) is 2.20. The Morgan fingerprint density at radius 2 is 2.12 bits per heavy atom. The zero-order chi connectivity index (χ0) is 13.1. The summed E-state index contributed by atoms with van der Waals surface area (Å²) in [6, 6.07) is 4.75. The molecule has 0 fully saturated rings. The molecule has 0 aliphatic rings. The van der Waals surface area contributed by atoms with Gasteiger partial charge in [-0.25, -0.2) is 8.42 Å². The molecule has 0 saturated carbocycles. The summed E-state index contributed by atoms with van der Waals surface area (Å²) >= 11 is 9.00. The third kappa shape index (κ3) is 5.06. The van der Waals surface area contributed by atoms with E-state index in [0.29, 0.717) is 15.1 Å². The van der Waals surface area contributed by atoms with Gasteiger partial charge in [0, 0.05) is 22.8 Å². The number of hydrogen-bond donors (Lipinski definition) is 1. The Kier molecular flexibility index (Phi) is 4.97. The maximum atomic E-state index is 11.6. The van der Waals surface area contributed by atoms with E-state index in [4.69, 9.17) is 11.6 Å². The minimum absolute atomic E-state index is 0.0759. The fourth-order valence-electron chi connectivity index (χ4n) is 1.09. The van der Waals surface area contributed by atoms with E-state index in [-0.39, 0.29) is 18.2 Å². The molecule has 17 heavy (non-hydrogen) atoms. The van der Waals surface area contributed by atoms with E-state index in [0.717, 1.165) is 6.26 Å². The van der Waals surface area contributed by atoms with Gasteiger partial charge in [-0.3, -0.25) is 4.79 Å². The highest BCUT2D eigenvalue weighted by Crippen LogP contribution is 2.23. The molecule has 0 unspecified atom stereocenters. The van der Waals surface area contributed by atoms with Crippen LogP contribution in [0.15, 0.2) is 22.7 Å². The van der Waals surface area contributed by atoms with Crippen LogP contribution in [0.4, 0.5) is 0 Å². The van der Waals surface area contributed by atoms with Gasteiger partial charge in [0.05, 0.1) is 10.8 Å². The van der Waals surface area contributed by atoms with Crippen LogP contribution in [0.5, 0.6) is 0 Å². The van der Waals surface area contributed by atoms with Crippen LogP contribution in [0.1, 0.15) is 10.4 Å². The summed E-state index contributed by atoms with van der Waals surface area (Å²) < 4.78 is 22.4. The van der Waals surface area contributed by atoms with Gasteiger partial charge in [0.25, 0.3) is 5.91 Å². The monoisotopic (exact) mass is 339 g/mol. The van der Waals surface area contributed by atoms with Crippen LogP contribution < -0.4 is 5.32 Å². The predicted molar refractivity (Wildman–Crippen MR) is 71.2 cm³/mol. The van der Waals surface area contributed by atoms with Gasteiger partial charge in [-0.2, -0.15) is 0 Å². The SMILES string of the molecule is CS(=O)(=O)CCNC(=O)c1ccc(Cl)c(Br)c1. The lowest BCUT2D eigenvalue weighted by Crippen LogP contribution is -2.28. The molecular weight excluding hydrogens is 330 g/mol. The van der Waals surface area contributed by atoms with Gasteiger partial charge in [0.15, 0.2) is 0 Å². The fraction of sp³-hybridized carbons (Fsp3) is 0.300. The molecule has 0 heterocycles. The quantitative estimate of drug-likeness (QED) is 0.910. The summed E-state index contributed by atoms with van der Waals surface area (Å²) in [7, 11) is -3.06. The van der Waals surface area contributed by atoms with Crippen molar-refractivity contribution in [3.05, 3.63) is 33.3 Å². The molecule has 1 aromatic carbocycles. The van der Waals surface area contributed by atoms with Gasteiger partial charge in [-0.05, 0) is 34.1 Å². The van der Waals surface area contributed by atoms with E-state index in [2.05, 4.69) is 21.2 Å². The lowest BCUT2D eigenvalue weighted by molar-refractivity contribution is 0.0956.